The number of hydrogen-bond acceptors (Lipinski definition) is 4. The standard InChI is InChI=1S/C16H10FN5O/c17-12-3-1-10(2-4-12)11-7-21-22(8-11)15-14-13(5-6-18-15)16(23)20-9-19-14/h1-9H,(H,19,20,23). The summed E-state index contributed by atoms with van der Waals surface area (Å²) in [6.07, 6.45) is 6.28. The second-order valence-electron chi connectivity index (χ2n) is 4.94. The summed E-state index contributed by atoms with van der Waals surface area (Å²) in [5.41, 5.74) is 1.88. The van der Waals surface area contributed by atoms with Crippen LogP contribution in [0.15, 0.2) is 60.0 Å². The fourth-order valence-corrected chi connectivity index (χ4v) is 2.38. The molecule has 0 spiro atoms. The molecule has 1 aromatic carbocycles. The Hall–Kier alpha value is -3.35. The molecule has 0 atom stereocenters. The van der Waals surface area contributed by atoms with E-state index in [-0.39, 0.29) is 11.4 Å². The Morgan fingerprint density at radius 3 is 2.70 bits per heavy atom. The Kier molecular flexibility index (Phi) is 2.97. The first-order valence-electron chi connectivity index (χ1n) is 6.86. The highest BCUT2D eigenvalue weighted by Crippen LogP contribution is 2.21. The Morgan fingerprint density at radius 1 is 1.04 bits per heavy atom. The van der Waals surface area contributed by atoms with Gasteiger partial charge in [0.2, 0.25) is 0 Å². The number of pyridine rings is 1. The van der Waals surface area contributed by atoms with E-state index in [0.717, 1.165) is 11.1 Å². The maximum atomic E-state index is 13.0. The van der Waals surface area contributed by atoms with Crippen molar-refractivity contribution in [2.75, 3.05) is 0 Å². The van der Waals surface area contributed by atoms with Crippen LogP contribution in [0, 0.1) is 5.82 Å². The van der Waals surface area contributed by atoms with E-state index in [9.17, 15) is 9.18 Å². The molecule has 0 aliphatic heterocycles. The molecule has 0 aliphatic rings. The molecular formula is C16H10FN5O. The summed E-state index contributed by atoms with van der Waals surface area (Å²) in [4.78, 5) is 22.8. The first-order valence-corrected chi connectivity index (χ1v) is 6.86. The average molecular weight is 307 g/mol. The van der Waals surface area contributed by atoms with Gasteiger partial charge >= 0.3 is 0 Å². The summed E-state index contributed by atoms with van der Waals surface area (Å²) in [5.74, 6) is 0.169. The van der Waals surface area contributed by atoms with Gasteiger partial charge in [0, 0.05) is 18.0 Å². The molecule has 6 nitrogen and oxygen atoms in total. The largest absolute Gasteiger partial charge is 0.313 e. The maximum absolute atomic E-state index is 13.0. The van der Waals surface area contributed by atoms with Crippen LogP contribution >= 0.6 is 0 Å². The summed E-state index contributed by atoms with van der Waals surface area (Å²) in [6.45, 7) is 0. The van der Waals surface area contributed by atoms with Crippen LogP contribution in [0.3, 0.4) is 0 Å². The maximum Gasteiger partial charge on any atom is 0.258 e. The van der Waals surface area contributed by atoms with E-state index in [1.165, 1.54) is 24.7 Å². The molecule has 0 saturated heterocycles. The predicted molar refractivity (Wildman–Crippen MR) is 82.7 cm³/mol. The Labute approximate surface area is 129 Å². The van der Waals surface area contributed by atoms with Crippen LogP contribution in [0.25, 0.3) is 27.8 Å². The zero-order valence-electron chi connectivity index (χ0n) is 11.8. The van der Waals surface area contributed by atoms with Crippen molar-refractivity contribution in [1.82, 2.24) is 24.7 Å². The van der Waals surface area contributed by atoms with E-state index in [1.807, 2.05) is 0 Å². The highest BCUT2D eigenvalue weighted by Gasteiger charge is 2.10. The molecule has 1 N–H and O–H groups in total. The Bertz CT molecular complexity index is 1050. The smallest absolute Gasteiger partial charge is 0.258 e. The molecule has 3 aromatic heterocycles. The average Bonchev–Trinajstić information content (AvgIpc) is 3.05. The number of benzene rings is 1. The first kappa shape index (κ1) is 13.3. The number of halogens is 1. The minimum Gasteiger partial charge on any atom is -0.313 e. The summed E-state index contributed by atoms with van der Waals surface area (Å²) < 4.78 is 14.6. The van der Waals surface area contributed by atoms with Crippen molar-refractivity contribution >= 4 is 10.9 Å². The van der Waals surface area contributed by atoms with Crippen molar-refractivity contribution in [2.45, 2.75) is 0 Å². The van der Waals surface area contributed by atoms with Gasteiger partial charge in [-0.2, -0.15) is 5.10 Å². The molecule has 23 heavy (non-hydrogen) atoms. The van der Waals surface area contributed by atoms with Crippen molar-refractivity contribution in [3.63, 3.8) is 0 Å². The van der Waals surface area contributed by atoms with E-state index >= 15 is 0 Å². The van der Waals surface area contributed by atoms with Gasteiger partial charge in [-0.1, -0.05) is 12.1 Å². The topological polar surface area (TPSA) is 76.5 Å². The van der Waals surface area contributed by atoms with Gasteiger partial charge in [0.1, 0.15) is 11.3 Å². The summed E-state index contributed by atoms with van der Waals surface area (Å²) in [7, 11) is 0. The highest BCUT2D eigenvalue weighted by atomic mass is 19.1. The van der Waals surface area contributed by atoms with Crippen LogP contribution in [0.1, 0.15) is 0 Å². The fraction of sp³-hybridized carbons (Fsp3) is 0. The molecule has 0 aliphatic carbocycles. The molecule has 112 valence electrons. The molecular weight excluding hydrogens is 297 g/mol. The van der Waals surface area contributed by atoms with Gasteiger partial charge in [-0.25, -0.2) is 19.0 Å². The van der Waals surface area contributed by atoms with Gasteiger partial charge in [0.25, 0.3) is 5.56 Å². The number of aromatic amines is 1. The number of nitrogens with zero attached hydrogens (tertiary/aromatic N) is 4. The van der Waals surface area contributed by atoms with Crippen LogP contribution in [0.4, 0.5) is 4.39 Å². The molecule has 7 heteroatoms. The van der Waals surface area contributed by atoms with Gasteiger partial charge in [0.15, 0.2) is 5.82 Å². The number of hydrogen-bond donors (Lipinski definition) is 1. The molecule has 0 radical (unpaired) electrons. The number of aromatic nitrogens is 5. The van der Waals surface area contributed by atoms with Crippen molar-refractivity contribution in [2.24, 2.45) is 0 Å². The van der Waals surface area contributed by atoms with Crippen molar-refractivity contribution in [3.8, 4) is 16.9 Å². The second-order valence-corrected chi connectivity index (χ2v) is 4.94. The third-order valence-electron chi connectivity index (χ3n) is 3.52. The first-order chi connectivity index (χ1) is 11.2. The summed E-state index contributed by atoms with van der Waals surface area (Å²) in [6, 6.07) is 7.75. The molecule has 0 unspecified atom stereocenters. The van der Waals surface area contributed by atoms with Crippen LogP contribution in [0.2, 0.25) is 0 Å². The molecule has 3 heterocycles. The zero-order valence-corrected chi connectivity index (χ0v) is 11.8. The molecule has 0 amide bonds. The predicted octanol–water partition coefficient (Wildman–Crippen LogP) is 2.31. The van der Waals surface area contributed by atoms with Crippen molar-refractivity contribution < 1.29 is 4.39 Å². The number of rotatable bonds is 2. The molecule has 0 saturated carbocycles. The lowest BCUT2D eigenvalue weighted by Crippen LogP contribution is -2.09. The van der Waals surface area contributed by atoms with Crippen LogP contribution in [-0.2, 0) is 0 Å². The van der Waals surface area contributed by atoms with Crippen molar-refractivity contribution in [3.05, 3.63) is 71.4 Å². The van der Waals surface area contributed by atoms with Crippen LogP contribution < -0.4 is 5.56 Å². The van der Waals surface area contributed by atoms with Gasteiger partial charge in [-0.3, -0.25) is 4.79 Å². The van der Waals surface area contributed by atoms with Gasteiger partial charge < -0.3 is 4.98 Å². The number of fused-ring (bicyclic) bond motifs is 1. The lowest BCUT2D eigenvalue weighted by Gasteiger charge is -2.03. The highest BCUT2D eigenvalue weighted by molar-refractivity contribution is 5.83. The lowest BCUT2D eigenvalue weighted by molar-refractivity contribution is 0.628. The second kappa shape index (κ2) is 5.13. The molecule has 4 aromatic rings. The van der Waals surface area contributed by atoms with E-state index in [0.29, 0.717) is 16.7 Å². The molecule has 4 rings (SSSR count). The van der Waals surface area contributed by atoms with Crippen LogP contribution in [0.5, 0.6) is 0 Å². The van der Waals surface area contributed by atoms with E-state index in [1.54, 1.807) is 35.3 Å². The minimum absolute atomic E-state index is 0.232. The van der Waals surface area contributed by atoms with Gasteiger partial charge in [-0.05, 0) is 23.8 Å². The van der Waals surface area contributed by atoms with Crippen molar-refractivity contribution in [1.29, 1.82) is 0 Å². The minimum atomic E-state index is -0.291. The number of nitrogens with one attached hydrogen (secondary N) is 1. The lowest BCUT2D eigenvalue weighted by atomic mass is 10.1. The van der Waals surface area contributed by atoms with E-state index in [4.69, 9.17) is 0 Å². The third kappa shape index (κ3) is 2.28. The molecule has 0 fully saturated rings. The summed E-state index contributed by atoms with van der Waals surface area (Å²) in [5, 5.41) is 4.71. The normalized spacial score (nSPS) is 11.0. The number of H-pyrrole nitrogens is 1. The van der Waals surface area contributed by atoms with Gasteiger partial charge in [-0.15, -0.1) is 0 Å². The Balaban J connectivity index is 1.85. The monoisotopic (exact) mass is 307 g/mol. The Morgan fingerprint density at radius 2 is 1.87 bits per heavy atom. The van der Waals surface area contributed by atoms with E-state index in [2.05, 4.69) is 20.1 Å². The third-order valence-corrected chi connectivity index (χ3v) is 3.52. The summed E-state index contributed by atoms with van der Waals surface area (Å²) >= 11 is 0. The SMILES string of the molecule is O=c1[nH]cnc2c(-n3cc(-c4ccc(F)cc4)cn3)nccc12. The van der Waals surface area contributed by atoms with Gasteiger partial charge in [0.05, 0.1) is 17.9 Å². The van der Waals surface area contributed by atoms with E-state index < -0.39 is 0 Å². The quantitative estimate of drug-likeness (QED) is 0.616. The molecule has 0 bridgehead atoms. The fourth-order valence-electron chi connectivity index (χ4n) is 2.38. The van der Waals surface area contributed by atoms with Crippen LogP contribution in [-0.4, -0.2) is 24.7 Å². The zero-order chi connectivity index (χ0) is 15.8.